The molecule has 0 aliphatic heterocycles. The summed E-state index contributed by atoms with van der Waals surface area (Å²) in [4.78, 5) is 34.8. The van der Waals surface area contributed by atoms with Gasteiger partial charge < -0.3 is 4.74 Å². The smallest absolute Gasteiger partial charge is 0.344 e. The van der Waals surface area contributed by atoms with Crippen molar-refractivity contribution in [1.29, 1.82) is 0 Å². The lowest BCUT2D eigenvalue weighted by molar-refractivity contribution is 0.0597. The molecule has 0 aromatic carbocycles. The van der Waals surface area contributed by atoms with E-state index in [2.05, 4.69) is 20.2 Å². The van der Waals surface area contributed by atoms with Crippen LogP contribution in [0, 0.1) is 0 Å². The fourth-order valence-electron chi connectivity index (χ4n) is 4.26. The molecule has 1 aliphatic rings. The lowest BCUT2D eigenvalue weighted by Crippen LogP contribution is -2.21. The Labute approximate surface area is 187 Å². The SMILES string of the molecule is CCSc1n[nH]c(-n2ccc3c(cnc4nc(C5CCCCC5)nn43)c2=O)c1C(=O)OC. The van der Waals surface area contributed by atoms with Gasteiger partial charge in [-0.2, -0.15) is 14.6 Å². The highest BCUT2D eigenvalue weighted by molar-refractivity contribution is 7.99. The van der Waals surface area contributed by atoms with Crippen LogP contribution in [0.1, 0.15) is 61.1 Å². The summed E-state index contributed by atoms with van der Waals surface area (Å²) < 4.78 is 7.92. The first-order valence-electron chi connectivity index (χ1n) is 10.7. The zero-order chi connectivity index (χ0) is 22.2. The highest BCUT2D eigenvalue weighted by atomic mass is 32.2. The van der Waals surface area contributed by atoms with E-state index in [4.69, 9.17) is 9.84 Å². The Morgan fingerprint density at radius 2 is 2.12 bits per heavy atom. The minimum Gasteiger partial charge on any atom is -0.465 e. The second-order valence-corrected chi connectivity index (χ2v) is 8.99. The van der Waals surface area contributed by atoms with Crippen LogP contribution >= 0.6 is 11.8 Å². The summed E-state index contributed by atoms with van der Waals surface area (Å²) in [6.45, 7) is 1.96. The van der Waals surface area contributed by atoms with Gasteiger partial charge in [-0.05, 0) is 24.7 Å². The number of aromatic nitrogens is 7. The minimum atomic E-state index is -0.557. The number of aromatic amines is 1. The second kappa shape index (κ2) is 8.38. The number of carbonyl (C=O) groups is 1. The molecule has 0 unspecified atom stereocenters. The number of methoxy groups -OCH3 is 1. The van der Waals surface area contributed by atoms with E-state index in [-0.39, 0.29) is 16.9 Å². The molecule has 5 rings (SSSR count). The van der Waals surface area contributed by atoms with Crippen molar-refractivity contribution in [2.45, 2.75) is 50.0 Å². The fourth-order valence-corrected chi connectivity index (χ4v) is 4.97. The first kappa shape index (κ1) is 20.7. The van der Waals surface area contributed by atoms with Crippen molar-refractivity contribution in [3.8, 4) is 5.82 Å². The van der Waals surface area contributed by atoms with Crippen molar-refractivity contribution in [3.05, 3.63) is 40.2 Å². The Kier molecular flexibility index (Phi) is 5.41. The molecule has 4 aromatic heterocycles. The zero-order valence-electron chi connectivity index (χ0n) is 17.9. The maximum Gasteiger partial charge on any atom is 0.344 e. The molecule has 166 valence electrons. The summed E-state index contributed by atoms with van der Waals surface area (Å²) in [5, 5.41) is 12.6. The van der Waals surface area contributed by atoms with Crippen molar-refractivity contribution < 1.29 is 9.53 Å². The van der Waals surface area contributed by atoms with E-state index in [0.29, 0.717) is 27.6 Å². The van der Waals surface area contributed by atoms with Crippen molar-refractivity contribution in [3.63, 3.8) is 0 Å². The first-order chi connectivity index (χ1) is 15.6. The summed E-state index contributed by atoms with van der Waals surface area (Å²) >= 11 is 1.40. The summed E-state index contributed by atoms with van der Waals surface area (Å²) in [7, 11) is 1.30. The van der Waals surface area contributed by atoms with Crippen LogP contribution in [0.4, 0.5) is 0 Å². The van der Waals surface area contributed by atoms with Crippen LogP contribution < -0.4 is 5.56 Å². The third-order valence-electron chi connectivity index (χ3n) is 5.85. The predicted octanol–water partition coefficient (Wildman–Crippen LogP) is 3.10. The molecular weight excluding hydrogens is 430 g/mol. The molecule has 0 spiro atoms. The molecule has 4 aromatic rings. The van der Waals surface area contributed by atoms with Crippen LogP contribution in [0.5, 0.6) is 0 Å². The van der Waals surface area contributed by atoms with E-state index in [1.165, 1.54) is 48.9 Å². The summed E-state index contributed by atoms with van der Waals surface area (Å²) in [5.41, 5.74) is 0.511. The van der Waals surface area contributed by atoms with Gasteiger partial charge in [-0.3, -0.25) is 14.5 Å². The van der Waals surface area contributed by atoms with Gasteiger partial charge in [0, 0.05) is 18.3 Å². The van der Waals surface area contributed by atoms with E-state index in [1.54, 1.807) is 16.8 Å². The summed E-state index contributed by atoms with van der Waals surface area (Å²) in [5.74, 6) is 2.03. The van der Waals surface area contributed by atoms with Crippen LogP contribution in [0.3, 0.4) is 0 Å². The van der Waals surface area contributed by atoms with Gasteiger partial charge in [0.05, 0.1) is 18.0 Å². The number of nitrogens with zero attached hydrogens (tertiary/aromatic N) is 6. The molecule has 32 heavy (non-hydrogen) atoms. The lowest BCUT2D eigenvalue weighted by Gasteiger charge is -2.17. The first-order valence-corrected chi connectivity index (χ1v) is 11.7. The minimum absolute atomic E-state index is 0.232. The van der Waals surface area contributed by atoms with Crippen LogP contribution in [-0.2, 0) is 4.74 Å². The standard InChI is InChI=1S/C21H23N7O3S/c1-3-32-18-15(20(30)31-2)17(24-25-18)27-10-9-14-13(19(27)29)11-22-21-23-16(26-28(14)21)12-7-5-4-6-8-12/h9-12H,3-8H2,1-2H3,(H,24,25). The number of rotatable bonds is 5. The number of pyridine rings is 1. The maximum absolute atomic E-state index is 13.4. The van der Waals surface area contributed by atoms with E-state index >= 15 is 0 Å². The molecule has 11 heteroatoms. The maximum atomic E-state index is 13.4. The fraction of sp³-hybridized carbons (Fsp3) is 0.429. The molecule has 1 N–H and O–H groups in total. The van der Waals surface area contributed by atoms with E-state index in [1.807, 2.05) is 6.92 Å². The zero-order valence-corrected chi connectivity index (χ0v) is 18.7. The number of fused-ring (bicyclic) bond motifs is 3. The third kappa shape index (κ3) is 3.36. The lowest BCUT2D eigenvalue weighted by atomic mass is 9.89. The molecule has 0 atom stereocenters. The van der Waals surface area contributed by atoms with Crippen molar-refractivity contribution in [2.75, 3.05) is 12.9 Å². The number of esters is 1. The number of H-pyrrole nitrogens is 1. The molecule has 4 heterocycles. The highest BCUT2D eigenvalue weighted by Gasteiger charge is 2.25. The third-order valence-corrected chi connectivity index (χ3v) is 6.70. The van der Waals surface area contributed by atoms with Gasteiger partial charge in [-0.15, -0.1) is 16.9 Å². The van der Waals surface area contributed by atoms with E-state index < -0.39 is 5.97 Å². The van der Waals surface area contributed by atoms with Crippen LogP contribution in [-0.4, -0.2) is 53.2 Å². The van der Waals surface area contributed by atoms with Gasteiger partial charge in [0.15, 0.2) is 11.6 Å². The molecule has 0 saturated heterocycles. The second-order valence-electron chi connectivity index (χ2n) is 7.74. The summed E-state index contributed by atoms with van der Waals surface area (Å²) in [6.07, 6.45) is 8.90. The van der Waals surface area contributed by atoms with Crippen LogP contribution in [0.15, 0.2) is 28.3 Å². The van der Waals surface area contributed by atoms with Gasteiger partial charge in [0.25, 0.3) is 11.3 Å². The van der Waals surface area contributed by atoms with Crippen LogP contribution in [0.2, 0.25) is 0 Å². The Balaban J connectivity index is 1.64. The molecule has 0 amide bonds. The quantitative estimate of drug-likeness (QED) is 0.362. The molecular formula is C21H23N7O3S. The monoisotopic (exact) mass is 453 g/mol. The topological polar surface area (TPSA) is 120 Å². The van der Waals surface area contributed by atoms with E-state index in [0.717, 1.165) is 24.4 Å². The van der Waals surface area contributed by atoms with Crippen LogP contribution in [0.25, 0.3) is 22.5 Å². The number of thioether (sulfide) groups is 1. The van der Waals surface area contributed by atoms with Crippen molar-refractivity contribution in [2.24, 2.45) is 0 Å². The number of hydrogen-bond donors (Lipinski definition) is 1. The number of ether oxygens (including phenoxy) is 1. The largest absolute Gasteiger partial charge is 0.465 e. The highest BCUT2D eigenvalue weighted by Crippen LogP contribution is 2.31. The van der Waals surface area contributed by atoms with Gasteiger partial charge >= 0.3 is 5.97 Å². The van der Waals surface area contributed by atoms with Crippen molar-refractivity contribution in [1.82, 2.24) is 34.3 Å². The van der Waals surface area contributed by atoms with E-state index in [9.17, 15) is 9.59 Å². The molecule has 0 radical (unpaired) electrons. The molecule has 0 bridgehead atoms. The van der Waals surface area contributed by atoms with Gasteiger partial charge in [0.1, 0.15) is 10.6 Å². The molecule has 1 aliphatic carbocycles. The average Bonchev–Trinajstić information content (AvgIpc) is 3.44. The molecule has 1 saturated carbocycles. The van der Waals surface area contributed by atoms with Gasteiger partial charge in [-0.25, -0.2) is 9.78 Å². The number of nitrogens with one attached hydrogen (secondary N) is 1. The Hall–Kier alpha value is -3.21. The number of hydrogen-bond acceptors (Lipinski definition) is 8. The van der Waals surface area contributed by atoms with Gasteiger partial charge in [-0.1, -0.05) is 26.2 Å². The predicted molar refractivity (Wildman–Crippen MR) is 120 cm³/mol. The molecule has 10 nitrogen and oxygen atoms in total. The Morgan fingerprint density at radius 3 is 2.88 bits per heavy atom. The molecule has 1 fully saturated rings. The normalized spacial score (nSPS) is 14.9. The van der Waals surface area contributed by atoms with Gasteiger partial charge in [0.2, 0.25) is 0 Å². The Bertz CT molecular complexity index is 1370. The van der Waals surface area contributed by atoms with Crippen molar-refractivity contribution >= 4 is 34.4 Å². The number of carbonyl (C=O) groups excluding carboxylic acids is 1. The Morgan fingerprint density at radius 1 is 1.31 bits per heavy atom. The average molecular weight is 454 g/mol. The summed E-state index contributed by atoms with van der Waals surface area (Å²) in [6, 6.07) is 1.78.